The molecule has 2 aromatic heterocycles. The second-order valence-electron chi connectivity index (χ2n) is 3.18. The SMILES string of the molecule is C.CC.CCSc1nc(OC)c2c(Br)nc(Cl)c(F)c2n1. The number of halogens is 3. The van der Waals surface area contributed by atoms with Gasteiger partial charge in [-0.05, 0) is 21.7 Å². The predicted octanol–water partition coefficient (Wildman–Crippen LogP) is 5.36. The van der Waals surface area contributed by atoms with Gasteiger partial charge in [0, 0.05) is 0 Å². The van der Waals surface area contributed by atoms with Crippen molar-refractivity contribution in [2.24, 2.45) is 0 Å². The highest BCUT2D eigenvalue weighted by Gasteiger charge is 2.19. The fourth-order valence-corrected chi connectivity index (χ4v) is 2.77. The Kier molecular flexibility index (Phi) is 9.08. The lowest BCUT2D eigenvalue weighted by atomic mass is 10.3. The first kappa shape index (κ1) is 20.3. The Hall–Kier alpha value is -0.660. The third-order valence-electron chi connectivity index (χ3n) is 2.11. The maximum absolute atomic E-state index is 13.9. The van der Waals surface area contributed by atoms with Crippen LogP contribution in [0.15, 0.2) is 9.76 Å². The van der Waals surface area contributed by atoms with E-state index in [1.165, 1.54) is 18.9 Å². The van der Waals surface area contributed by atoms with Gasteiger partial charge in [-0.3, -0.25) is 0 Å². The quantitative estimate of drug-likeness (QED) is 0.395. The smallest absolute Gasteiger partial charge is 0.228 e. The monoisotopic (exact) mass is 397 g/mol. The van der Waals surface area contributed by atoms with E-state index in [9.17, 15) is 4.39 Å². The summed E-state index contributed by atoms with van der Waals surface area (Å²) in [5.41, 5.74) is 0.102. The van der Waals surface area contributed by atoms with Crippen molar-refractivity contribution in [3.05, 3.63) is 15.6 Å². The van der Waals surface area contributed by atoms with Crippen LogP contribution < -0.4 is 4.74 Å². The zero-order valence-electron chi connectivity index (χ0n) is 11.5. The van der Waals surface area contributed by atoms with Crippen molar-refractivity contribution in [2.75, 3.05) is 12.9 Å². The van der Waals surface area contributed by atoms with E-state index in [1.807, 2.05) is 20.8 Å². The van der Waals surface area contributed by atoms with Crippen molar-refractivity contribution >= 4 is 50.2 Å². The van der Waals surface area contributed by atoms with Crippen molar-refractivity contribution in [3.63, 3.8) is 0 Å². The van der Waals surface area contributed by atoms with E-state index in [-0.39, 0.29) is 24.0 Å². The van der Waals surface area contributed by atoms with E-state index in [0.29, 0.717) is 15.1 Å². The molecule has 0 spiro atoms. The second-order valence-corrected chi connectivity index (χ2v) is 5.52. The Bertz CT molecular complexity index is 616. The molecule has 0 unspecified atom stereocenters. The maximum Gasteiger partial charge on any atom is 0.228 e. The normalized spacial score (nSPS) is 9.67. The highest BCUT2D eigenvalue weighted by Crippen LogP contribution is 2.34. The number of fused-ring (bicyclic) bond motifs is 1. The highest BCUT2D eigenvalue weighted by molar-refractivity contribution is 9.10. The summed E-state index contributed by atoms with van der Waals surface area (Å²) < 4.78 is 19.4. The van der Waals surface area contributed by atoms with Crippen LogP contribution in [-0.4, -0.2) is 27.8 Å². The largest absolute Gasteiger partial charge is 0.480 e. The summed E-state index contributed by atoms with van der Waals surface area (Å²) >= 11 is 10.3. The summed E-state index contributed by atoms with van der Waals surface area (Å²) in [5, 5.41) is 0.581. The molecule has 118 valence electrons. The van der Waals surface area contributed by atoms with Gasteiger partial charge in [-0.2, -0.15) is 4.98 Å². The molecule has 0 saturated heterocycles. The minimum absolute atomic E-state index is 0. The topological polar surface area (TPSA) is 47.9 Å². The molecule has 4 nitrogen and oxygen atoms in total. The maximum atomic E-state index is 13.9. The van der Waals surface area contributed by atoms with Crippen LogP contribution >= 0.6 is 39.3 Å². The first-order valence-electron chi connectivity index (χ1n) is 5.97. The molecule has 2 heterocycles. The van der Waals surface area contributed by atoms with Gasteiger partial charge in [0.15, 0.2) is 16.1 Å². The molecule has 2 aromatic rings. The molecule has 0 radical (unpaired) electrons. The molecule has 0 fully saturated rings. The van der Waals surface area contributed by atoms with E-state index >= 15 is 0 Å². The summed E-state index contributed by atoms with van der Waals surface area (Å²) in [6.45, 7) is 5.95. The van der Waals surface area contributed by atoms with Crippen LogP contribution in [0.4, 0.5) is 4.39 Å². The van der Waals surface area contributed by atoms with Crippen molar-refractivity contribution < 1.29 is 9.13 Å². The van der Waals surface area contributed by atoms with Crippen LogP contribution in [0.2, 0.25) is 5.15 Å². The molecule has 0 bridgehead atoms. The van der Waals surface area contributed by atoms with Crippen LogP contribution in [0.25, 0.3) is 10.9 Å². The molecule has 0 saturated carbocycles. The number of ether oxygens (including phenoxy) is 1. The lowest BCUT2D eigenvalue weighted by molar-refractivity contribution is 0.398. The van der Waals surface area contributed by atoms with E-state index < -0.39 is 5.82 Å². The zero-order chi connectivity index (χ0) is 15.3. The Labute approximate surface area is 142 Å². The number of nitrogens with zero attached hydrogens (tertiary/aromatic N) is 3. The van der Waals surface area contributed by atoms with E-state index in [4.69, 9.17) is 16.3 Å². The molecule has 0 N–H and O–H groups in total. The molecule has 21 heavy (non-hydrogen) atoms. The van der Waals surface area contributed by atoms with Crippen LogP contribution in [0, 0.1) is 5.82 Å². The van der Waals surface area contributed by atoms with Gasteiger partial charge in [0.1, 0.15) is 10.1 Å². The Balaban J connectivity index is 0.00000128. The molecule has 0 aliphatic heterocycles. The van der Waals surface area contributed by atoms with E-state index in [0.717, 1.165) is 5.75 Å². The summed E-state index contributed by atoms with van der Waals surface area (Å²) in [5.74, 6) is 0.371. The van der Waals surface area contributed by atoms with E-state index in [1.54, 1.807) is 0 Å². The number of pyridine rings is 1. The van der Waals surface area contributed by atoms with Gasteiger partial charge in [0.25, 0.3) is 0 Å². The Morgan fingerprint density at radius 1 is 1.29 bits per heavy atom. The van der Waals surface area contributed by atoms with Crippen LogP contribution in [0.3, 0.4) is 0 Å². The molecular formula is C13H18BrClFN3OS. The Morgan fingerprint density at radius 3 is 2.43 bits per heavy atom. The van der Waals surface area contributed by atoms with Gasteiger partial charge in [0.2, 0.25) is 5.88 Å². The van der Waals surface area contributed by atoms with Crippen LogP contribution in [0.5, 0.6) is 5.88 Å². The standard InChI is InChI=1S/C10H8BrClFN3OS.C2H6.CH4/c1-3-18-10-14-6-4(9(16-10)17-2)7(11)15-8(12)5(6)13;1-2;/h3H2,1-2H3;1-2H3;1H4. The summed E-state index contributed by atoms with van der Waals surface area (Å²) in [6, 6.07) is 0. The lowest BCUT2D eigenvalue weighted by Gasteiger charge is -2.09. The van der Waals surface area contributed by atoms with Crippen molar-refractivity contribution in [1.82, 2.24) is 15.0 Å². The van der Waals surface area contributed by atoms with Crippen LogP contribution in [-0.2, 0) is 0 Å². The summed E-state index contributed by atoms with van der Waals surface area (Å²) in [7, 11) is 1.46. The Morgan fingerprint density at radius 2 is 1.90 bits per heavy atom. The summed E-state index contributed by atoms with van der Waals surface area (Å²) in [4.78, 5) is 12.2. The third-order valence-corrected chi connectivity index (χ3v) is 3.67. The number of rotatable bonds is 3. The lowest BCUT2D eigenvalue weighted by Crippen LogP contribution is -1.99. The number of methoxy groups -OCH3 is 1. The zero-order valence-corrected chi connectivity index (χ0v) is 14.7. The molecule has 0 amide bonds. The van der Waals surface area contributed by atoms with E-state index in [2.05, 4.69) is 30.9 Å². The fourth-order valence-electron chi connectivity index (χ4n) is 1.40. The molecule has 8 heteroatoms. The van der Waals surface area contributed by atoms with Gasteiger partial charge < -0.3 is 4.74 Å². The number of hydrogen-bond donors (Lipinski definition) is 0. The van der Waals surface area contributed by atoms with Crippen molar-refractivity contribution in [1.29, 1.82) is 0 Å². The van der Waals surface area contributed by atoms with Gasteiger partial charge >= 0.3 is 0 Å². The average molecular weight is 399 g/mol. The molecule has 0 aliphatic rings. The van der Waals surface area contributed by atoms with Gasteiger partial charge in [-0.1, -0.05) is 51.6 Å². The highest BCUT2D eigenvalue weighted by atomic mass is 79.9. The number of thioether (sulfide) groups is 1. The molecule has 0 atom stereocenters. The summed E-state index contributed by atoms with van der Waals surface area (Å²) in [6.07, 6.45) is 0. The third kappa shape index (κ3) is 4.40. The number of aromatic nitrogens is 3. The van der Waals surface area contributed by atoms with Crippen molar-refractivity contribution in [3.8, 4) is 5.88 Å². The average Bonchev–Trinajstić information content (AvgIpc) is 2.46. The first-order chi connectivity index (χ1) is 9.58. The second kappa shape index (κ2) is 9.38. The van der Waals surface area contributed by atoms with Gasteiger partial charge in [0.05, 0.1) is 12.5 Å². The predicted molar refractivity (Wildman–Crippen MR) is 91.0 cm³/mol. The first-order valence-corrected chi connectivity index (χ1v) is 8.13. The van der Waals surface area contributed by atoms with Gasteiger partial charge in [-0.15, -0.1) is 0 Å². The van der Waals surface area contributed by atoms with Crippen molar-refractivity contribution in [2.45, 2.75) is 33.4 Å². The minimum atomic E-state index is -0.673. The van der Waals surface area contributed by atoms with Gasteiger partial charge in [-0.25, -0.2) is 14.4 Å². The molecule has 2 rings (SSSR count). The fraction of sp³-hybridized carbons (Fsp3) is 0.462. The number of hydrogen-bond acceptors (Lipinski definition) is 5. The molecule has 0 aliphatic carbocycles. The minimum Gasteiger partial charge on any atom is -0.480 e. The molecular weight excluding hydrogens is 381 g/mol. The molecule has 0 aromatic carbocycles. The van der Waals surface area contributed by atoms with Crippen LogP contribution in [0.1, 0.15) is 28.2 Å².